The lowest BCUT2D eigenvalue weighted by Crippen LogP contribution is -2.00. The van der Waals surface area contributed by atoms with Gasteiger partial charge in [0, 0.05) is 35.3 Å². The summed E-state index contributed by atoms with van der Waals surface area (Å²) in [4.78, 5) is 15.6. The highest BCUT2D eigenvalue weighted by Crippen LogP contribution is 2.16. The molecule has 0 N–H and O–H groups in total. The average molecular weight is 268 g/mol. The Morgan fingerprint density at radius 3 is 2.40 bits per heavy atom. The Morgan fingerprint density at radius 2 is 1.90 bits per heavy atom. The highest BCUT2D eigenvalue weighted by Gasteiger charge is 2.03. The van der Waals surface area contributed by atoms with E-state index in [0.29, 0.717) is 11.6 Å². The van der Waals surface area contributed by atoms with Gasteiger partial charge in [-0.15, -0.1) is 0 Å². The number of aromatic nitrogens is 1. The molecular weight excluding hydrogens is 248 g/mol. The fourth-order valence-electron chi connectivity index (χ4n) is 2.17. The summed E-state index contributed by atoms with van der Waals surface area (Å²) in [6.07, 6.45) is 3.96. The number of ketones is 1. The van der Waals surface area contributed by atoms with E-state index in [0.717, 1.165) is 11.3 Å². The van der Waals surface area contributed by atoms with Crippen LogP contribution in [0.2, 0.25) is 0 Å². The van der Waals surface area contributed by atoms with Gasteiger partial charge in [0.1, 0.15) is 0 Å². The number of carbonyl (C=O) groups is 1. The van der Waals surface area contributed by atoms with E-state index in [1.807, 2.05) is 18.3 Å². The summed E-state index contributed by atoms with van der Waals surface area (Å²) in [6, 6.07) is 9.90. The van der Waals surface area contributed by atoms with Gasteiger partial charge < -0.3 is 4.57 Å². The van der Waals surface area contributed by atoms with Crippen LogP contribution in [0.5, 0.6) is 0 Å². The molecule has 3 heteroatoms. The number of hydrogen-bond acceptors (Lipinski definition) is 2. The van der Waals surface area contributed by atoms with E-state index >= 15 is 0 Å². The normalized spacial score (nSPS) is 11.4. The zero-order valence-electron chi connectivity index (χ0n) is 12.4. The molecule has 1 aromatic carbocycles. The van der Waals surface area contributed by atoms with Gasteiger partial charge in [-0.05, 0) is 58.0 Å². The molecule has 0 saturated heterocycles. The van der Waals surface area contributed by atoms with E-state index in [-0.39, 0.29) is 5.78 Å². The largest absolute Gasteiger partial charge is 0.349 e. The van der Waals surface area contributed by atoms with Crippen molar-refractivity contribution in [2.75, 3.05) is 0 Å². The molecule has 3 nitrogen and oxygen atoms in total. The SMILES string of the molecule is CC(=O)c1ccc(N=Cc2cc(C)n(C(C)C)c2)cc1. The molecule has 2 aromatic rings. The second kappa shape index (κ2) is 5.87. The van der Waals surface area contributed by atoms with Gasteiger partial charge in [0.15, 0.2) is 5.78 Å². The summed E-state index contributed by atoms with van der Waals surface area (Å²) < 4.78 is 2.22. The van der Waals surface area contributed by atoms with E-state index in [1.54, 1.807) is 19.1 Å². The van der Waals surface area contributed by atoms with Crippen LogP contribution in [0.25, 0.3) is 0 Å². The van der Waals surface area contributed by atoms with Crippen molar-refractivity contribution in [2.24, 2.45) is 4.99 Å². The zero-order valence-corrected chi connectivity index (χ0v) is 12.4. The van der Waals surface area contributed by atoms with Crippen LogP contribution in [0.15, 0.2) is 41.5 Å². The third-order valence-electron chi connectivity index (χ3n) is 3.26. The van der Waals surface area contributed by atoms with Gasteiger partial charge >= 0.3 is 0 Å². The average Bonchev–Trinajstić information content (AvgIpc) is 2.78. The topological polar surface area (TPSA) is 34.4 Å². The minimum absolute atomic E-state index is 0.0742. The molecule has 1 aromatic heterocycles. The van der Waals surface area contributed by atoms with Crippen molar-refractivity contribution < 1.29 is 4.79 Å². The number of Topliss-reactive ketones (excluding diaryl/α,β-unsaturated/α-hetero) is 1. The number of benzene rings is 1. The monoisotopic (exact) mass is 268 g/mol. The molecule has 0 spiro atoms. The van der Waals surface area contributed by atoms with E-state index < -0.39 is 0 Å². The highest BCUT2D eigenvalue weighted by atomic mass is 16.1. The van der Waals surface area contributed by atoms with Gasteiger partial charge in [-0.1, -0.05) is 0 Å². The molecule has 0 atom stereocenters. The molecule has 20 heavy (non-hydrogen) atoms. The molecule has 0 aliphatic rings. The molecule has 0 aliphatic heterocycles. The van der Waals surface area contributed by atoms with Crippen molar-refractivity contribution in [1.82, 2.24) is 4.57 Å². The van der Waals surface area contributed by atoms with Crippen molar-refractivity contribution in [1.29, 1.82) is 0 Å². The molecule has 104 valence electrons. The van der Waals surface area contributed by atoms with Gasteiger partial charge in [0.2, 0.25) is 0 Å². The second-order valence-corrected chi connectivity index (χ2v) is 5.28. The number of hydrogen-bond donors (Lipinski definition) is 0. The predicted molar refractivity (Wildman–Crippen MR) is 83.3 cm³/mol. The van der Waals surface area contributed by atoms with E-state index in [1.165, 1.54) is 5.69 Å². The van der Waals surface area contributed by atoms with Crippen molar-refractivity contribution in [2.45, 2.75) is 33.7 Å². The van der Waals surface area contributed by atoms with Crippen molar-refractivity contribution in [3.63, 3.8) is 0 Å². The summed E-state index contributed by atoms with van der Waals surface area (Å²) in [6.45, 7) is 7.98. The lowest BCUT2D eigenvalue weighted by molar-refractivity contribution is 0.101. The van der Waals surface area contributed by atoms with Crippen LogP contribution < -0.4 is 0 Å². The molecule has 0 radical (unpaired) electrons. The highest BCUT2D eigenvalue weighted by molar-refractivity contribution is 5.94. The van der Waals surface area contributed by atoms with E-state index in [9.17, 15) is 4.79 Å². The van der Waals surface area contributed by atoms with Crippen molar-refractivity contribution >= 4 is 17.7 Å². The quantitative estimate of drug-likeness (QED) is 0.600. The van der Waals surface area contributed by atoms with Gasteiger partial charge in [0.25, 0.3) is 0 Å². The number of nitrogens with zero attached hydrogens (tertiary/aromatic N) is 2. The predicted octanol–water partition coefficient (Wildman–Crippen LogP) is 4.33. The first kappa shape index (κ1) is 14.3. The van der Waals surface area contributed by atoms with Crippen LogP contribution in [-0.4, -0.2) is 16.6 Å². The van der Waals surface area contributed by atoms with Crippen molar-refractivity contribution in [3.05, 3.63) is 53.3 Å². The fraction of sp³-hybridized carbons (Fsp3) is 0.294. The zero-order chi connectivity index (χ0) is 14.7. The Hall–Kier alpha value is -2.16. The second-order valence-electron chi connectivity index (χ2n) is 5.28. The summed E-state index contributed by atoms with van der Waals surface area (Å²) in [5.74, 6) is 0.0742. The lowest BCUT2D eigenvalue weighted by Gasteiger charge is -2.08. The minimum atomic E-state index is 0.0742. The Morgan fingerprint density at radius 1 is 1.25 bits per heavy atom. The van der Waals surface area contributed by atoms with Crippen LogP contribution in [0, 0.1) is 6.92 Å². The van der Waals surface area contributed by atoms with Crippen molar-refractivity contribution in [3.8, 4) is 0 Å². The Labute approximate surface area is 120 Å². The van der Waals surface area contributed by atoms with E-state index in [2.05, 4.69) is 42.6 Å². The lowest BCUT2D eigenvalue weighted by atomic mass is 10.1. The first-order valence-corrected chi connectivity index (χ1v) is 6.81. The molecule has 0 bridgehead atoms. The maximum atomic E-state index is 11.2. The molecule has 0 amide bonds. The molecule has 0 aliphatic carbocycles. The third kappa shape index (κ3) is 3.23. The maximum absolute atomic E-state index is 11.2. The van der Waals surface area contributed by atoms with Gasteiger partial charge in [0.05, 0.1) is 5.69 Å². The maximum Gasteiger partial charge on any atom is 0.159 e. The molecule has 2 rings (SSSR count). The Kier molecular flexibility index (Phi) is 4.18. The van der Waals surface area contributed by atoms with Gasteiger partial charge in [-0.25, -0.2) is 0 Å². The molecule has 0 fully saturated rings. The first-order chi connectivity index (χ1) is 9.47. The summed E-state index contributed by atoms with van der Waals surface area (Å²) in [7, 11) is 0. The molecule has 1 heterocycles. The Bertz CT molecular complexity index is 634. The van der Waals surface area contributed by atoms with E-state index in [4.69, 9.17) is 0 Å². The fourth-order valence-corrected chi connectivity index (χ4v) is 2.17. The van der Waals surface area contributed by atoms with Crippen LogP contribution in [0.1, 0.15) is 48.4 Å². The van der Waals surface area contributed by atoms with Crippen LogP contribution in [0.4, 0.5) is 5.69 Å². The standard InChI is InChI=1S/C17H20N2O/c1-12(2)19-11-15(9-13(19)3)10-18-17-7-5-16(6-8-17)14(4)20/h5-12H,1-4H3. The first-order valence-electron chi connectivity index (χ1n) is 6.81. The van der Waals surface area contributed by atoms with Gasteiger partial charge in [-0.3, -0.25) is 9.79 Å². The van der Waals surface area contributed by atoms with Crippen LogP contribution in [0.3, 0.4) is 0 Å². The molecular formula is C17H20N2O. The van der Waals surface area contributed by atoms with Gasteiger partial charge in [-0.2, -0.15) is 0 Å². The molecule has 0 unspecified atom stereocenters. The Balaban J connectivity index is 2.16. The third-order valence-corrected chi connectivity index (χ3v) is 3.26. The van der Waals surface area contributed by atoms with Crippen LogP contribution in [-0.2, 0) is 0 Å². The number of carbonyl (C=O) groups excluding carboxylic acids is 1. The number of aryl methyl sites for hydroxylation is 1. The van der Waals surface area contributed by atoms with Crippen LogP contribution >= 0.6 is 0 Å². The summed E-state index contributed by atoms with van der Waals surface area (Å²) in [5, 5.41) is 0. The summed E-state index contributed by atoms with van der Waals surface area (Å²) in [5.41, 5.74) is 3.89. The number of aliphatic imine (C=N–C) groups is 1. The smallest absolute Gasteiger partial charge is 0.159 e. The minimum Gasteiger partial charge on any atom is -0.349 e. The number of rotatable bonds is 4. The molecule has 0 saturated carbocycles. The summed E-state index contributed by atoms with van der Waals surface area (Å²) >= 11 is 0.